The largest absolute Gasteiger partial charge is 0.437 e. The number of rotatable bonds is 4. The summed E-state index contributed by atoms with van der Waals surface area (Å²) in [5.74, 6) is 11.3. The predicted molar refractivity (Wildman–Crippen MR) is 86.1 cm³/mol. The summed E-state index contributed by atoms with van der Waals surface area (Å²) in [7, 11) is 0. The molecule has 0 aliphatic heterocycles. The third kappa shape index (κ3) is 4.54. The van der Waals surface area contributed by atoms with E-state index in [4.69, 9.17) is 4.74 Å². The Kier molecular flexibility index (Phi) is 5.86. The maximum Gasteiger partial charge on any atom is 0.312 e. The van der Waals surface area contributed by atoms with Gasteiger partial charge in [-0.05, 0) is 43.9 Å². The van der Waals surface area contributed by atoms with Gasteiger partial charge in [0.2, 0.25) is 6.10 Å². The van der Waals surface area contributed by atoms with E-state index >= 15 is 0 Å². The molecule has 0 aromatic carbocycles. The average Bonchev–Trinajstić information content (AvgIpc) is 2.90. The highest BCUT2D eigenvalue weighted by Crippen LogP contribution is 2.59. The van der Waals surface area contributed by atoms with Gasteiger partial charge in [-0.2, -0.15) is 0 Å². The maximum atomic E-state index is 12.3. The fourth-order valence-electron chi connectivity index (χ4n) is 2.44. The van der Waals surface area contributed by atoms with Crippen molar-refractivity contribution in [2.75, 3.05) is 0 Å². The molecule has 2 nitrogen and oxygen atoms in total. The molecule has 0 saturated heterocycles. The van der Waals surface area contributed by atoms with Crippen LogP contribution in [0.15, 0.2) is 24.3 Å². The van der Waals surface area contributed by atoms with Crippen molar-refractivity contribution in [3.8, 4) is 23.7 Å². The monoisotopic (exact) mass is 284 g/mol. The molecular formula is C19H24O2. The summed E-state index contributed by atoms with van der Waals surface area (Å²) < 4.78 is 5.46. The average molecular weight is 284 g/mol. The molecule has 1 rings (SSSR count). The fourth-order valence-corrected chi connectivity index (χ4v) is 2.44. The molecular weight excluding hydrogens is 260 g/mol. The molecule has 1 fully saturated rings. The van der Waals surface area contributed by atoms with Crippen molar-refractivity contribution in [3.63, 3.8) is 0 Å². The molecule has 21 heavy (non-hydrogen) atoms. The van der Waals surface area contributed by atoms with Gasteiger partial charge < -0.3 is 4.74 Å². The first-order valence-electron chi connectivity index (χ1n) is 7.21. The summed E-state index contributed by atoms with van der Waals surface area (Å²) in [4.78, 5) is 12.3. The summed E-state index contributed by atoms with van der Waals surface area (Å²) >= 11 is 0. The molecule has 2 heteroatoms. The van der Waals surface area contributed by atoms with Crippen LogP contribution in [0.2, 0.25) is 0 Å². The number of hydrogen-bond acceptors (Lipinski definition) is 2. The van der Waals surface area contributed by atoms with E-state index < -0.39 is 6.10 Å². The number of allylic oxidation sites excluding steroid dienone is 3. The van der Waals surface area contributed by atoms with Crippen LogP contribution in [0.5, 0.6) is 0 Å². The molecule has 1 aliphatic rings. The first-order chi connectivity index (χ1) is 9.84. The van der Waals surface area contributed by atoms with Crippen molar-refractivity contribution in [3.05, 3.63) is 24.3 Å². The molecule has 0 radical (unpaired) electrons. The lowest BCUT2D eigenvalue weighted by molar-refractivity contribution is -0.147. The van der Waals surface area contributed by atoms with Crippen LogP contribution in [0.4, 0.5) is 0 Å². The Bertz CT molecular complexity index is 554. The van der Waals surface area contributed by atoms with Gasteiger partial charge in [-0.3, -0.25) is 4.79 Å². The summed E-state index contributed by atoms with van der Waals surface area (Å²) in [5.41, 5.74) is 1.17. The Morgan fingerprint density at radius 2 is 2.05 bits per heavy atom. The van der Waals surface area contributed by atoms with E-state index in [1.165, 1.54) is 5.57 Å². The smallest absolute Gasteiger partial charge is 0.312 e. The molecule has 1 saturated carbocycles. The molecule has 1 aliphatic carbocycles. The molecule has 0 N–H and O–H groups in total. The summed E-state index contributed by atoms with van der Waals surface area (Å²) in [6.07, 6.45) is 3.77. The van der Waals surface area contributed by atoms with Crippen molar-refractivity contribution in [1.29, 1.82) is 0 Å². The van der Waals surface area contributed by atoms with Crippen LogP contribution in [0, 0.1) is 40.9 Å². The van der Waals surface area contributed by atoms with Gasteiger partial charge in [0, 0.05) is 6.42 Å². The molecule has 3 atom stereocenters. The van der Waals surface area contributed by atoms with E-state index in [2.05, 4.69) is 50.2 Å². The number of hydrogen-bond donors (Lipinski definition) is 0. The van der Waals surface area contributed by atoms with Crippen molar-refractivity contribution in [1.82, 2.24) is 0 Å². The van der Waals surface area contributed by atoms with E-state index in [-0.39, 0.29) is 23.2 Å². The second-order valence-corrected chi connectivity index (χ2v) is 6.09. The van der Waals surface area contributed by atoms with Crippen molar-refractivity contribution < 1.29 is 9.53 Å². The van der Waals surface area contributed by atoms with Crippen LogP contribution in [0.3, 0.4) is 0 Å². The minimum Gasteiger partial charge on any atom is -0.437 e. The summed E-state index contributed by atoms with van der Waals surface area (Å²) in [6.45, 7) is 13.6. The van der Waals surface area contributed by atoms with Crippen LogP contribution in [-0.2, 0) is 9.53 Å². The lowest BCUT2D eigenvalue weighted by Gasteiger charge is -2.07. The SMILES string of the molecule is C=CCC#CC(C#CC)OC(=O)C1C(C=C(C)C)C1(C)C. The molecule has 112 valence electrons. The van der Waals surface area contributed by atoms with Gasteiger partial charge in [0.1, 0.15) is 0 Å². The Balaban J connectivity index is 2.75. The molecule has 0 aromatic rings. The van der Waals surface area contributed by atoms with E-state index in [0.29, 0.717) is 6.42 Å². The predicted octanol–water partition coefficient (Wildman–Crippen LogP) is 3.74. The minimum absolute atomic E-state index is 0.0485. The highest BCUT2D eigenvalue weighted by Gasteiger charge is 2.61. The third-order valence-corrected chi connectivity index (χ3v) is 3.67. The van der Waals surface area contributed by atoms with Crippen LogP contribution >= 0.6 is 0 Å². The zero-order valence-electron chi connectivity index (χ0n) is 13.6. The quantitative estimate of drug-likeness (QED) is 0.446. The van der Waals surface area contributed by atoms with Gasteiger partial charge in [0.05, 0.1) is 5.92 Å². The summed E-state index contributed by atoms with van der Waals surface area (Å²) in [5, 5.41) is 0. The van der Waals surface area contributed by atoms with Gasteiger partial charge in [-0.15, -0.1) is 12.5 Å². The second kappa shape index (κ2) is 7.19. The Labute approximate surface area is 128 Å². The van der Waals surface area contributed by atoms with Gasteiger partial charge in [0.25, 0.3) is 0 Å². The normalized spacial score (nSPS) is 22.5. The standard InChI is InChI=1S/C19H24O2/c1-7-9-10-12-15(11-8-2)21-18(20)17-16(13-14(3)4)19(17,5)6/h7,13,15-17H,1,9H2,2-6H3. The highest BCUT2D eigenvalue weighted by molar-refractivity contribution is 5.79. The van der Waals surface area contributed by atoms with Crippen molar-refractivity contribution >= 4 is 5.97 Å². The lowest BCUT2D eigenvalue weighted by atomic mass is 10.1. The van der Waals surface area contributed by atoms with Crippen LogP contribution in [-0.4, -0.2) is 12.1 Å². The lowest BCUT2D eigenvalue weighted by Crippen LogP contribution is -2.18. The van der Waals surface area contributed by atoms with Crippen LogP contribution in [0.1, 0.15) is 41.0 Å². The van der Waals surface area contributed by atoms with Crippen LogP contribution < -0.4 is 0 Å². The number of carbonyl (C=O) groups excluding carboxylic acids is 1. The Hall–Kier alpha value is -1.93. The topological polar surface area (TPSA) is 26.3 Å². The molecule has 0 spiro atoms. The fraction of sp³-hybridized carbons (Fsp3) is 0.526. The summed E-state index contributed by atoms with van der Waals surface area (Å²) in [6, 6.07) is 0. The van der Waals surface area contributed by atoms with Gasteiger partial charge >= 0.3 is 5.97 Å². The minimum atomic E-state index is -0.647. The molecule has 0 amide bonds. The van der Waals surface area contributed by atoms with E-state index in [0.717, 1.165) is 0 Å². The molecule has 0 aromatic heterocycles. The van der Waals surface area contributed by atoms with Gasteiger partial charge in [-0.1, -0.05) is 37.5 Å². The zero-order chi connectivity index (χ0) is 16.0. The first-order valence-corrected chi connectivity index (χ1v) is 7.21. The molecule has 3 unspecified atom stereocenters. The Morgan fingerprint density at radius 3 is 2.57 bits per heavy atom. The number of esters is 1. The first kappa shape index (κ1) is 17.1. The third-order valence-electron chi connectivity index (χ3n) is 3.67. The van der Waals surface area contributed by atoms with E-state index in [1.54, 1.807) is 13.0 Å². The van der Waals surface area contributed by atoms with Gasteiger partial charge in [0.15, 0.2) is 0 Å². The number of carbonyl (C=O) groups is 1. The number of ether oxygens (including phenoxy) is 1. The maximum absolute atomic E-state index is 12.3. The van der Waals surface area contributed by atoms with E-state index in [9.17, 15) is 4.79 Å². The van der Waals surface area contributed by atoms with Crippen molar-refractivity contribution in [2.24, 2.45) is 17.3 Å². The zero-order valence-corrected chi connectivity index (χ0v) is 13.6. The van der Waals surface area contributed by atoms with E-state index in [1.807, 2.05) is 13.8 Å². The molecule has 0 bridgehead atoms. The highest BCUT2D eigenvalue weighted by atomic mass is 16.5. The van der Waals surface area contributed by atoms with Gasteiger partial charge in [-0.25, -0.2) is 0 Å². The van der Waals surface area contributed by atoms with Crippen molar-refractivity contribution in [2.45, 2.75) is 47.1 Å². The Morgan fingerprint density at radius 1 is 1.38 bits per heavy atom. The second-order valence-electron chi connectivity index (χ2n) is 6.09. The van der Waals surface area contributed by atoms with Crippen LogP contribution in [0.25, 0.3) is 0 Å². The molecule has 0 heterocycles.